The van der Waals surface area contributed by atoms with E-state index in [4.69, 9.17) is 5.11 Å². The Labute approximate surface area is 95.2 Å². The number of hydrogen-bond donors (Lipinski definition) is 1. The smallest absolute Gasteiger partial charge is 0.392 e. The zero-order chi connectivity index (χ0) is 12.5. The highest BCUT2D eigenvalue weighted by molar-refractivity contribution is 9.10. The molecule has 0 aromatic carbocycles. The van der Waals surface area contributed by atoms with Crippen LogP contribution in [0.1, 0.15) is 23.2 Å². The lowest BCUT2D eigenvalue weighted by Crippen LogP contribution is -2.12. The maximum Gasteiger partial charge on any atom is 0.434 e. The van der Waals surface area contributed by atoms with Crippen molar-refractivity contribution >= 4 is 15.9 Å². The average molecular weight is 306 g/mol. The van der Waals surface area contributed by atoms with Crippen molar-refractivity contribution < 1.29 is 27.1 Å². The molecule has 0 saturated heterocycles. The Bertz CT molecular complexity index is 393. The van der Waals surface area contributed by atoms with Crippen molar-refractivity contribution in [2.75, 3.05) is 0 Å². The highest BCUT2D eigenvalue weighted by Crippen LogP contribution is 2.37. The van der Waals surface area contributed by atoms with E-state index in [1.54, 1.807) is 0 Å². The molecule has 0 radical (unpaired) electrons. The lowest BCUT2D eigenvalue weighted by molar-refractivity contribution is -0.142. The van der Waals surface area contributed by atoms with Crippen molar-refractivity contribution in [3.05, 3.63) is 27.5 Å². The number of aliphatic hydroxyl groups is 1. The molecule has 0 aliphatic rings. The molecule has 1 aromatic rings. The van der Waals surface area contributed by atoms with Crippen LogP contribution in [0.15, 0.2) is 10.7 Å². The predicted octanol–water partition coefficient (Wildman–Crippen LogP) is 3.29. The Morgan fingerprint density at radius 1 is 1.38 bits per heavy atom. The summed E-state index contributed by atoms with van der Waals surface area (Å²) in [7, 11) is 0. The van der Waals surface area contributed by atoms with Crippen molar-refractivity contribution in [2.24, 2.45) is 0 Å². The zero-order valence-electron chi connectivity index (χ0n) is 7.52. The first-order valence-corrected chi connectivity index (χ1v) is 4.71. The van der Waals surface area contributed by atoms with Crippen LogP contribution in [-0.2, 0) is 12.8 Å². The van der Waals surface area contributed by atoms with Gasteiger partial charge in [-0.05, 0) is 15.9 Å². The van der Waals surface area contributed by atoms with E-state index in [0.717, 1.165) is 0 Å². The normalized spacial score (nSPS) is 12.2. The molecule has 0 aliphatic carbocycles. The van der Waals surface area contributed by atoms with Crippen molar-refractivity contribution in [1.29, 1.82) is 0 Å². The Hall–Kier alpha value is -0.760. The van der Waals surface area contributed by atoms with Gasteiger partial charge in [-0.1, -0.05) is 0 Å². The van der Waals surface area contributed by atoms with Gasteiger partial charge in [0.15, 0.2) is 5.69 Å². The molecule has 0 fully saturated rings. The van der Waals surface area contributed by atoms with Crippen molar-refractivity contribution in [3.63, 3.8) is 0 Å². The molecular weight excluding hydrogens is 301 g/mol. The van der Waals surface area contributed by atoms with Gasteiger partial charge >= 0.3 is 6.18 Å². The first-order valence-electron chi connectivity index (χ1n) is 3.92. The van der Waals surface area contributed by atoms with Gasteiger partial charge in [0, 0.05) is 17.3 Å². The van der Waals surface area contributed by atoms with Crippen LogP contribution < -0.4 is 0 Å². The van der Waals surface area contributed by atoms with Crippen LogP contribution in [0, 0.1) is 0 Å². The summed E-state index contributed by atoms with van der Waals surface area (Å²) in [6, 6.07) is 0. The van der Waals surface area contributed by atoms with Crippen LogP contribution in [0.5, 0.6) is 0 Å². The molecule has 0 unspecified atom stereocenters. The second-order valence-electron chi connectivity index (χ2n) is 2.81. The molecule has 0 bridgehead atoms. The number of nitrogens with zero attached hydrogens (tertiary/aromatic N) is 1. The number of aliphatic hydroxyl groups excluding tert-OH is 1. The van der Waals surface area contributed by atoms with E-state index < -0.39 is 40.5 Å². The van der Waals surface area contributed by atoms with Gasteiger partial charge in [0.05, 0.1) is 11.1 Å². The molecule has 0 amide bonds. The summed E-state index contributed by atoms with van der Waals surface area (Å²) in [5.41, 5.74) is -2.55. The fraction of sp³-hybridized carbons (Fsp3) is 0.375. The molecule has 2 nitrogen and oxygen atoms in total. The fourth-order valence-electron chi connectivity index (χ4n) is 1.08. The molecule has 0 saturated carbocycles. The second-order valence-corrected chi connectivity index (χ2v) is 3.60. The van der Waals surface area contributed by atoms with E-state index in [9.17, 15) is 22.0 Å². The topological polar surface area (TPSA) is 33.1 Å². The van der Waals surface area contributed by atoms with E-state index in [0.29, 0.717) is 6.20 Å². The average Bonchev–Trinajstić information content (AvgIpc) is 2.14. The summed E-state index contributed by atoms with van der Waals surface area (Å²) < 4.78 is 61.1. The molecule has 16 heavy (non-hydrogen) atoms. The van der Waals surface area contributed by atoms with Crippen molar-refractivity contribution in [3.8, 4) is 0 Å². The molecule has 0 spiro atoms. The largest absolute Gasteiger partial charge is 0.434 e. The van der Waals surface area contributed by atoms with Crippen molar-refractivity contribution in [1.82, 2.24) is 4.98 Å². The number of hydrogen-bond acceptors (Lipinski definition) is 2. The van der Waals surface area contributed by atoms with E-state index in [2.05, 4.69) is 20.9 Å². The maximum atomic E-state index is 12.4. The third-order valence-electron chi connectivity index (χ3n) is 1.82. The molecule has 1 N–H and O–H groups in total. The van der Waals surface area contributed by atoms with Gasteiger partial charge in [0.25, 0.3) is 6.43 Å². The highest BCUT2D eigenvalue weighted by Gasteiger charge is 2.36. The summed E-state index contributed by atoms with van der Waals surface area (Å²) in [6.45, 7) is -0.925. The molecule has 0 aliphatic heterocycles. The third kappa shape index (κ3) is 2.49. The Kier molecular flexibility index (Phi) is 3.84. The molecule has 1 rings (SSSR count). The zero-order valence-corrected chi connectivity index (χ0v) is 9.11. The molecule has 1 aromatic heterocycles. The first kappa shape index (κ1) is 13.3. The Balaban J connectivity index is 3.41. The van der Waals surface area contributed by atoms with E-state index >= 15 is 0 Å². The Morgan fingerprint density at radius 2 is 1.94 bits per heavy atom. The van der Waals surface area contributed by atoms with E-state index in [1.807, 2.05) is 0 Å². The molecule has 90 valence electrons. The van der Waals surface area contributed by atoms with Crippen LogP contribution >= 0.6 is 15.9 Å². The number of halogens is 6. The SMILES string of the molecule is OCc1c(C(F)F)cnc(C(F)(F)F)c1Br. The minimum absolute atomic E-state index is 0.420. The van der Waals surface area contributed by atoms with Gasteiger partial charge < -0.3 is 5.11 Å². The minimum Gasteiger partial charge on any atom is -0.392 e. The first-order chi connectivity index (χ1) is 7.29. The number of rotatable bonds is 2. The summed E-state index contributed by atoms with van der Waals surface area (Å²) in [5, 5.41) is 8.78. The predicted molar refractivity (Wildman–Crippen MR) is 47.8 cm³/mol. The van der Waals surface area contributed by atoms with Gasteiger partial charge in [0.2, 0.25) is 0 Å². The summed E-state index contributed by atoms with van der Waals surface area (Å²) >= 11 is 2.52. The van der Waals surface area contributed by atoms with Gasteiger partial charge in [-0.3, -0.25) is 4.98 Å². The quantitative estimate of drug-likeness (QED) is 0.851. The minimum atomic E-state index is -4.76. The standard InChI is InChI=1S/C8H5BrF5NO/c9-5-4(2-16)3(7(10)11)1-15-6(5)8(12,13)14/h1,7,16H,2H2. The van der Waals surface area contributed by atoms with Crippen LogP contribution in [0.3, 0.4) is 0 Å². The monoisotopic (exact) mass is 305 g/mol. The van der Waals surface area contributed by atoms with E-state index in [1.165, 1.54) is 0 Å². The van der Waals surface area contributed by atoms with Gasteiger partial charge in [-0.25, -0.2) is 8.78 Å². The highest BCUT2D eigenvalue weighted by atomic mass is 79.9. The summed E-state index contributed by atoms with van der Waals surface area (Å²) in [5.74, 6) is 0. The number of alkyl halides is 5. The maximum absolute atomic E-state index is 12.4. The van der Waals surface area contributed by atoms with Crippen LogP contribution in [0.25, 0.3) is 0 Å². The molecular formula is C8H5BrF5NO. The van der Waals surface area contributed by atoms with Crippen LogP contribution in [0.2, 0.25) is 0 Å². The fourth-order valence-corrected chi connectivity index (χ4v) is 1.77. The van der Waals surface area contributed by atoms with Crippen LogP contribution in [0.4, 0.5) is 22.0 Å². The van der Waals surface area contributed by atoms with E-state index in [-0.39, 0.29) is 0 Å². The lowest BCUT2D eigenvalue weighted by Gasteiger charge is -2.13. The number of aromatic nitrogens is 1. The van der Waals surface area contributed by atoms with Gasteiger partial charge in [-0.15, -0.1) is 0 Å². The molecule has 8 heteroatoms. The summed E-state index contributed by atoms with van der Waals surface area (Å²) in [6.07, 6.45) is -7.33. The molecule has 0 atom stereocenters. The second kappa shape index (κ2) is 4.62. The van der Waals surface area contributed by atoms with Crippen molar-refractivity contribution in [2.45, 2.75) is 19.2 Å². The van der Waals surface area contributed by atoms with Gasteiger partial charge in [0.1, 0.15) is 0 Å². The van der Waals surface area contributed by atoms with Crippen LogP contribution in [-0.4, -0.2) is 10.1 Å². The molecule has 1 heterocycles. The van der Waals surface area contributed by atoms with Gasteiger partial charge in [-0.2, -0.15) is 13.2 Å². The summed E-state index contributed by atoms with van der Waals surface area (Å²) in [4.78, 5) is 2.92. The Morgan fingerprint density at radius 3 is 2.31 bits per heavy atom. The number of pyridine rings is 1. The third-order valence-corrected chi connectivity index (χ3v) is 2.67. The lowest BCUT2D eigenvalue weighted by atomic mass is 10.1.